The van der Waals surface area contributed by atoms with E-state index in [0.29, 0.717) is 6.07 Å². The van der Waals surface area contributed by atoms with Crippen LogP contribution in [0, 0.1) is 11.6 Å². The van der Waals surface area contributed by atoms with E-state index in [1.807, 2.05) is 13.8 Å². The Balaban J connectivity index is 0.000000318. The zero-order valence-electron chi connectivity index (χ0n) is 16.6. The molecule has 0 aliphatic carbocycles. The lowest BCUT2D eigenvalue weighted by Gasteiger charge is -2.24. The van der Waals surface area contributed by atoms with Crippen LogP contribution >= 0.6 is 0 Å². The number of rotatable bonds is 1. The molecule has 0 bridgehead atoms. The minimum atomic E-state index is -4.21. The smallest absolute Gasteiger partial charge is 0.386 e. The molecule has 0 radical (unpaired) electrons. The van der Waals surface area contributed by atoms with Gasteiger partial charge in [0, 0.05) is 11.6 Å². The number of nitrogens with two attached hydrogens (primary N) is 1. The highest BCUT2D eigenvalue weighted by Crippen LogP contribution is 2.29. The molecule has 0 saturated heterocycles. The summed E-state index contributed by atoms with van der Waals surface area (Å²) in [6, 6.07) is 8.41. The highest BCUT2D eigenvalue weighted by molar-refractivity contribution is 7.92. The van der Waals surface area contributed by atoms with Gasteiger partial charge >= 0.3 is 6.18 Å². The van der Waals surface area contributed by atoms with Crippen molar-refractivity contribution in [3.8, 4) is 0 Å². The molecule has 1 aliphatic rings. The fraction of sp³-hybridized carbons (Fsp3) is 0.350. The van der Waals surface area contributed by atoms with E-state index in [2.05, 4.69) is 4.99 Å². The Morgan fingerprint density at radius 2 is 1.60 bits per heavy atom. The van der Waals surface area contributed by atoms with Gasteiger partial charge in [-0.05, 0) is 13.0 Å². The quantitative estimate of drug-likeness (QED) is 0.628. The van der Waals surface area contributed by atoms with Crippen LogP contribution in [-0.4, -0.2) is 25.3 Å². The molecule has 0 amide bonds. The Labute approximate surface area is 172 Å². The molecular weight excluding hydrogens is 427 g/mol. The van der Waals surface area contributed by atoms with Crippen molar-refractivity contribution < 1.29 is 30.4 Å². The monoisotopic (exact) mass is 450 g/mol. The van der Waals surface area contributed by atoms with Crippen molar-refractivity contribution in [3.05, 3.63) is 71.3 Å². The second-order valence-corrected chi connectivity index (χ2v) is 8.44. The van der Waals surface area contributed by atoms with Crippen LogP contribution in [0.1, 0.15) is 37.9 Å². The van der Waals surface area contributed by atoms with E-state index in [1.54, 1.807) is 6.07 Å². The minimum Gasteiger partial charge on any atom is -0.386 e. The number of amidine groups is 1. The van der Waals surface area contributed by atoms with Crippen molar-refractivity contribution in [1.82, 2.24) is 0 Å². The average Bonchev–Trinajstić information content (AvgIpc) is 2.68. The maximum Gasteiger partial charge on any atom is 0.416 e. The molecule has 0 fully saturated rings. The number of benzene rings is 2. The zero-order valence-corrected chi connectivity index (χ0v) is 17.4. The van der Waals surface area contributed by atoms with Gasteiger partial charge in [0.25, 0.3) is 0 Å². The minimum absolute atomic E-state index is 0.0369. The predicted octanol–water partition coefficient (Wildman–Crippen LogP) is 4.91. The van der Waals surface area contributed by atoms with Crippen molar-refractivity contribution in [2.24, 2.45) is 10.7 Å². The van der Waals surface area contributed by atoms with Crippen molar-refractivity contribution in [2.45, 2.75) is 38.2 Å². The summed E-state index contributed by atoms with van der Waals surface area (Å²) in [7, 11) is -3.45. The number of alkyl halides is 3. The highest BCUT2D eigenvalue weighted by atomic mass is 32.2. The molecule has 2 atom stereocenters. The zero-order chi connectivity index (χ0) is 23.1. The van der Waals surface area contributed by atoms with Gasteiger partial charge in [0.05, 0.1) is 17.4 Å². The first-order chi connectivity index (χ1) is 13.9. The molecule has 2 aromatic carbocycles. The predicted molar refractivity (Wildman–Crippen MR) is 107 cm³/mol. The molecule has 10 heteroatoms. The Kier molecular flexibility index (Phi) is 8.95. The molecule has 0 aromatic heterocycles. The summed E-state index contributed by atoms with van der Waals surface area (Å²) in [5.41, 5.74) is 4.97. The van der Waals surface area contributed by atoms with Crippen LogP contribution in [0.5, 0.6) is 0 Å². The standard InChI is InChI=1S/C11H12F2N2O2S.C7H5F3.C2H6/c1-6-11(14)15-10(5-18(6,16)17)8-3-2-7(12)4-9(8)13;8-7(9,10)6-4-2-1-3-5-6;1-2/h2-4,6,10H,5H2,1H3,(H2,14,15);1-5H;1-2H3. The molecule has 1 heterocycles. The summed E-state index contributed by atoms with van der Waals surface area (Å²) in [4.78, 5) is 3.97. The van der Waals surface area contributed by atoms with E-state index < -0.39 is 44.5 Å². The average molecular weight is 450 g/mol. The van der Waals surface area contributed by atoms with Gasteiger partial charge in [-0.15, -0.1) is 0 Å². The number of hydrogen-bond acceptors (Lipinski definition) is 4. The summed E-state index contributed by atoms with van der Waals surface area (Å²) in [6.07, 6.45) is -4.21. The van der Waals surface area contributed by atoms with Crippen molar-refractivity contribution >= 4 is 15.7 Å². The number of nitrogens with zero attached hydrogens (tertiary/aromatic N) is 1. The summed E-state index contributed by atoms with van der Waals surface area (Å²) >= 11 is 0. The third-order valence-corrected chi connectivity index (χ3v) is 6.17. The third-order valence-electron chi connectivity index (χ3n) is 4.07. The van der Waals surface area contributed by atoms with Gasteiger partial charge in [0.15, 0.2) is 9.84 Å². The summed E-state index contributed by atoms with van der Waals surface area (Å²) in [6.45, 7) is 5.44. The molecule has 3 rings (SSSR count). The molecular formula is C20H23F5N2O2S. The molecule has 0 saturated carbocycles. The highest BCUT2D eigenvalue weighted by Gasteiger charge is 2.34. The van der Waals surface area contributed by atoms with Crippen molar-refractivity contribution in [2.75, 3.05) is 5.75 Å². The first kappa shape index (κ1) is 25.5. The maximum atomic E-state index is 13.6. The van der Waals surface area contributed by atoms with E-state index in [1.165, 1.54) is 25.1 Å². The van der Waals surface area contributed by atoms with E-state index in [4.69, 9.17) is 5.73 Å². The van der Waals surface area contributed by atoms with Crippen LogP contribution in [0.25, 0.3) is 0 Å². The third kappa shape index (κ3) is 6.79. The van der Waals surface area contributed by atoms with Gasteiger partial charge in [0.2, 0.25) is 0 Å². The number of sulfone groups is 1. The Bertz CT molecular complexity index is 961. The fourth-order valence-electron chi connectivity index (χ4n) is 2.43. The van der Waals surface area contributed by atoms with E-state index >= 15 is 0 Å². The Morgan fingerprint density at radius 1 is 1.03 bits per heavy atom. The topological polar surface area (TPSA) is 72.5 Å². The van der Waals surface area contributed by atoms with Gasteiger partial charge in [0.1, 0.15) is 22.7 Å². The van der Waals surface area contributed by atoms with Crippen molar-refractivity contribution in [1.29, 1.82) is 0 Å². The van der Waals surface area contributed by atoms with Crippen LogP contribution in [0.2, 0.25) is 0 Å². The largest absolute Gasteiger partial charge is 0.416 e. The first-order valence-corrected chi connectivity index (χ1v) is 10.8. The van der Waals surface area contributed by atoms with E-state index in [9.17, 15) is 30.4 Å². The molecule has 4 nitrogen and oxygen atoms in total. The molecule has 1 aliphatic heterocycles. The fourth-order valence-corrected chi connectivity index (χ4v) is 3.84. The number of halogens is 5. The van der Waals surface area contributed by atoms with Crippen LogP contribution in [-0.2, 0) is 16.0 Å². The van der Waals surface area contributed by atoms with Gasteiger partial charge in [-0.2, -0.15) is 13.2 Å². The lowest BCUT2D eigenvalue weighted by molar-refractivity contribution is -0.137. The van der Waals surface area contributed by atoms with Crippen LogP contribution < -0.4 is 5.73 Å². The van der Waals surface area contributed by atoms with E-state index in [0.717, 1.165) is 18.2 Å². The SMILES string of the molecule is CC.CC1C(N)=NC(c2ccc(F)cc2F)CS1(=O)=O.FC(F)(F)c1ccccc1. The van der Waals surface area contributed by atoms with Gasteiger partial charge in [-0.1, -0.05) is 50.2 Å². The Morgan fingerprint density at radius 3 is 2.03 bits per heavy atom. The first-order valence-electron chi connectivity index (χ1n) is 9.03. The summed E-state index contributed by atoms with van der Waals surface area (Å²) in [5, 5.41) is -0.864. The number of hydrogen-bond donors (Lipinski definition) is 1. The molecule has 2 N–H and O–H groups in total. The van der Waals surface area contributed by atoms with Crippen molar-refractivity contribution in [3.63, 3.8) is 0 Å². The molecule has 0 spiro atoms. The van der Waals surface area contributed by atoms with Crippen LogP contribution in [0.3, 0.4) is 0 Å². The molecule has 2 unspecified atom stereocenters. The van der Waals surface area contributed by atoms with Gasteiger partial charge in [-0.25, -0.2) is 17.2 Å². The summed E-state index contributed by atoms with van der Waals surface area (Å²) < 4.78 is 85.3. The van der Waals surface area contributed by atoms with Gasteiger partial charge < -0.3 is 5.73 Å². The Hall–Kier alpha value is -2.49. The lowest BCUT2D eigenvalue weighted by atomic mass is 10.1. The lowest BCUT2D eigenvalue weighted by Crippen LogP contribution is -2.40. The second kappa shape index (κ2) is 10.5. The normalized spacial score (nSPS) is 20.1. The molecule has 30 heavy (non-hydrogen) atoms. The number of aliphatic imine (C=N–C) groups is 1. The van der Waals surface area contributed by atoms with E-state index in [-0.39, 0.29) is 17.2 Å². The van der Waals surface area contributed by atoms with Gasteiger partial charge in [-0.3, -0.25) is 4.99 Å². The van der Waals surface area contributed by atoms with Crippen LogP contribution in [0.15, 0.2) is 53.5 Å². The molecule has 2 aromatic rings. The second-order valence-electron chi connectivity index (χ2n) is 6.07. The molecule has 166 valence electrons. The summed E-state index contributed by atoms with van der Waals surface area (Å²) in [5.74, 6) is -1.91. The maximum absolute atomic E-state index is 13.6. The van der Waals surface area contributed by atoms with Crippen LogP contribution in [0.4, 0.5) is 22.0 Å².